The average Bonchev–Trinajstić information content (AvgIpc) is 2.30. The first-order valence-corrected chi connectivity index (χ1v) is 6.08. The number of likely N-dealkylation sites (N-methyl/N-ethyl adjacent to an activating group) is 1. The Hall–Kier alpha value is -0.810. The Morgan fingerprint density at radius 1 is 1.47 bits per heavy atom. The van der Waals surface area contributed by atoms with Gasteiger partial charge in [-0.15, -0.1) is 6.58 Å². The van der Waals surface area contributed by atoms with Crippen molar-refractivity contribution in [2.24, 2.45) is 0 Å². The third-order valence-corrected chi connectivity index (χ3v) is 3.41. The van der Waals surface area contributed by atoms with Gasteiger partial charge in [0.25, 0.3) is 0 Å². The fourth-order valence-corrected chi connectivity index (χ4v) is 2.61. The molecule has 0 aromatic rings. The number of rotatable bonds is 5. The standard InChI is InChI=1S/C13H22N2/c1-3-12(10-11-14)15(4-2)13-8-6-5-7-9-13/h3,12-13H,1,4-10H2,2H3. The quantitative estimate of drug-likeness (QED) is 0.646. The highest BCUT2D eigenvalue weighted by molar-refractivity contribution is 4.96. The molecular weight excluding hydrogens is 184 g/mol. The first-order valence-electron chi connectivity index (χ1n) is 6.08. The van der Waals surface area contributed by atoms with Crippen molar-refractivity contribution in [3.05, 3.63) is 12.7 Å². The highest BCUT2D eigenvalue weighted by Gasteiger charge is 2.24. The molecule has 2 heteroatoms. The zero-order chi connectivity index (χ0) is 11.1. The van der Waals surface area contributed by atoms with E-state index in [1.165, 1.54) is 32.1 Å². The van der Waals surface area contributed by atoms with Crippen molar-refractivity contribution >= 4 is 0 Å². The lowest BCUT2D eigenvalue weighted by Crippen LogP contribution is -2.43. The predicted octanol–water partition coefficient (Wildman–Crippen LogP) is 3.11. The molecule has 0 aliphatic heterocycles. The van der Waals surface area contributed by atoms with Crippen LogP contribution < -0.4 is 0 Å². The molecule has 0 spiro atoms. The Balaban J connectivity index is 2.58. The summed E-state index contributed by atoms with van der Waals surface area (Å²) in [6.45, 7) is 7.06. The molecule has 1 aliphatic carbocycles. The lowest BCUT2D eigenvalue weighted by molar-refractivity contribution is 0.134. The summed E-state index contributed by atoms with van der Waals surface area (Å²) in [5.74, 6) is 0. The van der Waals surface area contributed by atoms with Crippen molar-refractivity contribution < 1.29 is 0 Å². The molecule has 1 fully saturated rings. The lowest BCUT2D eigenvalue weighted by atomic mass is 9.93. The van der Waals surface area contributed by atoms with Crippen LogP contribution in [0.25, 0.3) is 0 Å². The molecule has 1 rings (SSSR count). The van der Waals surface area contributed by atoms with E-state index in [1.54, 1.807) is 0 Å². The van der Waals surface area contributed by atoms with E-state index in [0.717, 1.165) is 6.54 Å². The van der Waals surface area contributed by atoms with Crippen molar-refractivity contribution in [2.75, 3.05) is 6.54 Å². The summed E-state index contributed by atoms with van der Waals surface area (Å²) < 4.78 is 0. The van der Waals surface area contributed by atoms with E-state index in [4.69, 9.17) is 5.26 Å². The van der Waals surface area contributed by atoms with Gasteiger partial charge in [-0.05, 0) is 19.4 Å². The second-order valence-corrected chi connectivity index (χ2v) is 4.29. The van der Waals surface area contributed by atoms with Gasteiger partial charge in [-0.25, -0.2) is 0 Å². The average molecular weight is 206 g/mol. The Bertz CT molecular complexity index is 223. The molecule has 0 aromatic carbocycles. The van der Waals surface area contributed by atoms with Gasteiger partial charge < -0.3 is 0 Å². The topological polar surface area (TPSA) is 27.0 Å². The summed E-state index contributed by atoms with van der Waals surface area (Å²) in [6.07, 6.45) is 9.17. The van der Waals surface area contributed by atoms with Gasteiger partial charge in [-0.3, -0.25) is 4.90 Å². The minimum Gasteiger partial charge on any atom is -0.293 e. The molecule has 0 radical (unpaired) electrons. The van der Waals surface area contributed by atoms with Gasteiger partial charge in [0, 0.05) is 12.1 Å². The molecule has 1 aliphatic rings. The summed E-state index contributed by atoms with van der Waals surface area (Å²) in [4.78, 5) is 2.45. The number of nitriles is 1. The molecule has 2 nitrogen and oxygen atoms in total. The minimum absolute atomic E-state index is 0.253. The largest absolute Gasteiger partial charge is 0.293 e. The molecule has 0 heterocycles. The second-order valence-electron chi connectivity index (χ2n) is 4.29. The van der Waals surface area contributed by atoms with Crippen LogP contribution in [0, 0.1) is 11.3 Å². The summed E-state index contributed by atoms with van der Waals surface area (Å²) in [6, 6.07) is 3.19. The molecule has 0 amide bonds. The molecular formula is C13H22N2. The Morgan fingerprint density at radius 2 is 2.13 bits per heavy atom. The summed E-state index contributed by atoms with van der Waals surface area (Å²) >= 11 is 0. The van der Waals surface area contributed by atoms with Gasteiger partial charge >= 0.3 is 0 Å². The van der Waals surface area contributed by atoms with E-state index in [0.29, 0.717) is 12.5 Å². The molecule has 15 heavy (non-hydrogen) atoms. The monoisotopic (exact) mass is 206 g/mol. The molecule has 84 valence electrons. The van der Waals surface area contributed by atoms with Crippen molar-refractivity contribution in [1.29, 1.82) is 5.26 Å². The van der Waals surface area contributed by atoms with E-state index in [-0.39, 0.29) is 6.04 Å². The fraction of sp³-hybridized carbons (Fsp3) is 0.769. The lowest BCUT2D eigenvalue weighted by Gasteiger charge is -2.37. The molecule has 1 unspecified atom stereocenters. The predicted molar refractivity (Wildman–Crippen MR) is 63.5 cm³/mol. The van der Waals surface area contributed by atoms with E-state index in [2.05, 4.69) is 24.5 Å². The van der Waals surface area contributed by atoms with E-state index < -0.39 is 0 Å². The third-order valence-electron chi connectivity index (χ3n) is 3.41. The SMILES string of the molecule is C=CC(CC#N)N(CC)C1CCCCC1. The van der Waals surface area contributed by atoms with Gasteiger partial charge in [-0.2, -0.15) is 5.26 Å². The number of nitrogens with zero attached hydrogens (tertiary/aromatic N) is 2. The van der Waals surface area contributed by atoms with Gasteiger partial charge in [0.15, 0.2) is 0 Å². The number of hydrogen-bond acceptors (Lipinski definition) is 2. The van der Waals surface area contributed by atoms with Crippen LogP contribution in [0.15, 0.2) is 12.7 Å². The fourth-order valence-electron chi connectivity index (χ4n) is 2.61. The second kappa shape index (κ2) is 6.63. The van der Waals surface area contributed by atoms with Crippen LogP contribution in [-0.2, 0) is 0 Å². The van der Waals surface area contributed by atoms with Crippen molar-refractivity contribution in [2.45, 2.75) is 57.5 Å². The van der Waals surface area contributed by atoms with Gasteiger partial charge in [0.2, 0.25) is 0 Å². The van der Waals surface area contributed by atoms with Crippen LogP contribution in [0.1, 0.15) is 45.4 Å². The van der Waals surface area contributed by atoms with Crippen molar-refractivity contribution in [3.63, 3.8) is 0 Å². The van der Waals surface area contributed by atoms with Gasteiger partial charge in [0.1, 0.15) is 0 Å². The maximum Gasteiger partial charge on any atom is 0.0641 e. The normalized spacial score (nSPS) is 19.8. The van der Waals surface area contributed by atoms with E-state index in [1.807, 2.05) is 6.08 Å². The highest BCUT2D eigenvalue weighted by atomic mass is 15.2. The highest BCUT2D eigenvalue weighted by Crippen LogP contribution is 2.24. The number of hydrogen-bond donors (Lipinski definition) is 0. The molecule has 1 atom stereocenters. The van der Waals surface area contributed by atoms with Crippen LogP contribution in [0.3, 0.4) is 0 Å². The molecule has 0 saturated heterocycles. The Labute approximate surface area is 93.6 Å². The van der Waals surface area contributed by atoms with Gasteiger partial charge in [-0.1, -0.05) is 32.3 Å². The first kappa shape index (κ1) is 12.3. The van der Waals surface area contributed by atoms with E-state index in [9.17, 15) is 0 Å². The Morgan fingerprint density at radius 3 is 2.60 bits per heavy atom. The maximum atomic E-state index is 8.79. The summed E-state index contributed by atoms with van der Waals surface area (Å²) in [5.41, 5.74) is 0. The van der Waals surface area contributed by atoms with Crippen LogP contribution in [0.5, 0.6) is 0 Å². The van der Waals surface area contributed by atoms with Crippen LogP contribution >= 0.6 is 0 Å². The van der Waals surface area contributed by atoms with Crippen molar-refractivity contribution in [3.8, 4) is 6.07 Å². The molecule has 1 saturated carbocycles. The minimum atomic E-state index is 0.253. The third kappa shape index (κ3) is 3.35. The van der Waals surface area contributed by atoms with E-state index >= 15 is 0 Å². The van der Waals surface area contributed by atoms with Crippen LogP contribution in [0.2, 0.25) is 0 Å². The smallest absolute Gasteiger partial charge is 0.0641 e. The molecule has 0 aromatic heterocycles. The van der Waals surface area contributed by atoms with Gasteiger partial charge in [0.05, 0.1) is 12.5 Å². The molecule has 0 bridgehead atoms. The summed E-state index contributed by atoms with van der Waals surface area (Å²) in [5, 5.41) is 8.79. The zero-order valence-corrected chi connectivity index (χ0v) is 9.78. The van der Waals surface area contributed by atoms with Crippen molar-refractivity contribution in [1.82, 2.24) is 4.90 Å². The first-order chi connectivity index (χ1) is 7.33. The zero-order valence-electron chi connectivity index (χ0n) is 9.78. The van der Waals surface area contributed by atoms with Crippen LogP contribution in [0.4, 0.5) is 0 Å². The summed E-state index contributed by atoms with van der Waals surface area (Å²) in [7, 11) is 0. The molecule has 0 N–H and O–H groups in total. The van der Waals surface area contributed by atoms with Crippen LogP contribution in [-0.4, -0.2) is 23.5 Å². The Kier molecular flexibility index (Phi) is 5.42. The maximum absolute atomic E-state index is 8.79.